The normalized spacial score (nSPS) is 11.0. The van der Waals surface area contributed by atoms with Gasteiger partial charge in [-0.3, -0.25) is 9.59 Å². The van der Waals surface area contributed by atoms with Gasteiger partial charge < -0.3 is 10.4 Å². The minimum Gasteiger partial charge on any atom is -0.481 e. The number of anilines is 1. The highest BCUT2D eigenvalue weighted by atomic mass is 32.2. The highest BCUT2D eigenvalue weighted by molar-refractivity contribution is 7.99. The van der Waals surface area contributed by atoms with Crippen molar-refractivity contribution in [3.05, 3.63) is 24.3 Å². The Balaban J connectivity index is 1.86. The fraction of sp³-hybridized carbons (Fsp3) is 0.742. The first-order chi connectivity index (χ1) is 17.6. The molecule has 0 fully saturated rings. The molecule has 1 aromatic rings. The molecule has 0 aliphatic heterocycles. The maximum atomic E-state index is 12.3. The van der Waals surface area contributed by atoms with Gasteiger partial charge in [-0.15, -0.1) is 11.8 Å². The van der Waals surface area contributed by atoms with E-state index in [0.29, 0.717) is 12.8 Å². The molecule has 0 aliphatic carbocycles. The number of amides is 1. The third kappa shape index (κ3) is 19.7. The van der Waals surface area contributed by atoms with Crippen LogP contribution in [0, 0.1) is 0 Å². The highest BCUT2D eigenvalue weighted by Gasteiger charge is 2.07. The molecule has 206 valence electrons. The number of benzene rings is 1. The summed E-state index contributed by atoms with van der Waals surface area (Å²) in [6.07, 6.45) is 24.5. The first-order valence-corrected chi connectivity index (χ1v) is 15.9. The number of carboxylic acid groups (broad SMARTS) is 1. The van der Waals surface area contributed by atoms with Crippen molar-refractivity contribution in [2.75, 3.05) is 11.1 Å². The van der Waals surface area contributed by atoms with Crippen LogP contribution in [0.15, 0.2) is 29.2 Å². The fourth-order valence-corrected chi connectivity index (χ4v) is 5.55. The predicted molar refractivity (Wildman–Crippen MR) is 156 cm³/mol. The Morgan fingerprint density at radius 2 is 1.11 bits per heavy atom. The van der Waals surface area contributed by atoms with E-state index in [-0.39, 0.29) is 5.91 Å². The van der Waals surface area contributed by atoms with Crippen LogP contribution in [-0.2, 0) is 9.59 Å². The number of unbranched alkanes of at least 4 members (excludes halogenated alkanes) is 17. The fourth-order valence-electron chi connectivity index (χ4n) is 4.45. The average molecular weight is 520 g/mol. The lowest BCUT2D eigenvalue weighted by Crippen LogP contribution is -2.11. The molecule has 0 heterocycles. The van der Waals surface area contributed by atoms with Gasteiger partial charge in [0.25, 0.3) is 0 Å². The van der Waals surface area contributed by atoms with E-state index in [1.165, 1.54) is 101 Å². The largest absolute Gasteiger partial charge is 0.481 e. The van der Waals surface area contributed by atoms with Gasteiger partial charge in [-0.05, 0) is 37.1 Å². The molecule has 0 spiro atoms. The summed E-state index contributed by atoms with van der Waals surface area (Å²) in [6, 6.07) is 8.16. The van der Waals surface area contributed by atoms with Gasteiger partial charge in [0, 0.05) is 17.7 Å². The van der Waals surface area contributed by atoms with Crippen molar-refractivity contribution in [2.24, 2.45) is 0 Å². The SMILES string of the molecule is CCCCSc1ccccc1NC(=O)CCCCCCCCCCCCCCCCCCCC(=O)O. The molecule has 0 saturated carbocycles. The standard InChI is InChI=1S/C31H53NO3S/c1-2-3-27-36-29-24-22-21-23-28(29)32-30(33)25-19-17-15-13-11-9-7-5-4-6-8-10-12-14-16-18-20-26-31(34)35/h21-24H,2-20,25-27H2,1H3,(H,32,33)(H,34,35). The molecule has 0 aromatic heterocycles. The summed E-state index contributed by atoms with van der Waals surface area (Å²) < 4.78 is 0. The molecule has 0 radical (unpaired) electrons. The Kier molecular flexibility index (Phi) is 21.6. The number of carboxylic acids is 1. The van der Waals surface area contributed by atoms with Gasteiger partial charge in [0.1, 0.15) is 0 Å². The van der Waals surface area contributed by atoms with Crippen molar-refractivity contribution < 1.29 is 14.7 Å². The van der Waals surface area contributed by atoms with Gasteiger partial charge in [0.2, 0.25) is 5.91 Å². The second kappa shape index (κ2) is 23.9. The van der Waals surface area contributed by atoms with Crippen LogP contribution in [0.5, 0.6) is 0 Å². The zero-order valence-electron chi connectivity index (χ0n) is 23.0. The first-order valence-electron chi connectivity index (χ1n) is 14.9. The van der Waals surface area contributed by atoms with E-state index in [4.69, 9.17) is 5.11 Å². The lowest BCUT2D eigenvalue weighted by atomic mass is 10.0. The maximum absolute atomic E-state index is 12.3. The molecule has 0 aliphatic rings. The van der Waals surface area contributed by atoms with Gasteiger partial charge >= 0.3 is 5.97 Å². The average Bonchev–Trinajstić information content (AvgIpc) is 2.86. The number of aliphatic carboxylic acids is 1. The Bertz CT molecular complexity index is 680. The highest BCUT2D eigenvalue weighted by Crippen LogP contribution is 2.28. The van der Waals surface area contributed by atoms with Gasteiger partial charge in [-0.2, -0.15) is 0 Å². The Labute approximate surface area is 225 Å². The summed E-state index contributed by atoms with van der Waals surface area (Å²) in [5, 5.41) is 11.7. The predicted octanol–water partition coefficient (Wildman–Crippen LogP) is 10.0. The zero-order chi connectivity index (χ0) is 26.1. The first kappa shape index (κ1) is 32.5. The molecule has 1 amide bonds. The summed E-state index contributed by atoms with van der Waals surface area (Å²) in [6.45, 7) is 2.21. The van der Waals surface area contributed by atoms with E-state index in [2.05, 4.69) is 18.3 Å². The summed E-state index contributed by atoms with van der Waals surface area (Å²) in [5.41, 5.74) is 0.966. The summed E-state index contributed by atoms with van der Waals surface area (Å²) in [4.78, 5) is 24.0. The molecular formula is C31H53NO3S. The number of carbonyl (C=O) groups is 2. The third-order valence-corrected chi connectivity index (χ3v) is 7.87. The Morgan fingerprint density at radius 3 is 1.58 bits per heavy atom. The number of thioether (sulfide) groups is 1. The van der Waals surface area contributed by atoms with Crippen molar-refractivity contribution in [1.82, 2.24) is 0 Å². The van der Waals surface area contributed by atoms with Crippen LogP contribution in [0.2, 0.25) is 0 Å². The molecule has 0 bridgehead atoms. The van der Waals surface area contributed by atoms with Crippen LogP contribution in [0.25, 0.3) is 0 Å². The second-order valence-corrected chi connectivity index (χ2v) is 11.3. The van der Waals surface area contributed by atoms with Crippen molar-refractivity contribution in [3.8, 4) is 0 Å². The quantitative estimate of drug-likeness (QED) is 0.0996. The number of rotatable bonds is 25. The van der Waals surface area contributed by atoms with Crippen molar-refractivity contribution in [1.29, 1.82) is 0 Å². The number of hydrogen-bond donors (Lipinski definition) is 2. The number of hydrogen-bond acceptors (Lipinski definition) is 3. The molecular weight excluding hydrogens is 466 g/mol. The molecule has 36 heavy (non-hydrogen) atoms. The molecule has 5 heteroatoms. The molecule has 4 nitrogen and oxygen atoms in total. The molecule has 0 saturated heterocycles. The minimum absolute atomic E-state index is 0.147. The molecule has 1 rings (SSSR count). The van der Waals surface area contributed by atoms with E-state index in [0.717, 1.165) is 37.1 Å². The lowest BCUT2D eigenvalue weighted by Gasteiger charge is -2.10. The van der Waals surface area contributed by atoms with Crippen LogP contribution in [0.1, 0.15) is 142 Å². The molecule has 0 atom stereocenters. The van der Waals surface area contributed by atoms with E-state index < -0.39 is 5.97 Å². The van der Waals surface area contributed by atoms with Crippen LogP contribution in [0.3, 0.4) is 0 Å². The van der Waals surface area contributed by atoms with Crippen LogP contribution in [0.4, 0.5) is 5.69 Å². The van der Waals surface area contributed by atoms with Gasteiger partial charge in [0.05, 0.1) is 5.69 Å². The zero-order valence-corrected chi connectivity index (χ0v) is 23.9. The summed E-state index contributed by atoms with van der Waals surface area (Å²) in [7, 11) is 0. The molecule has 0 unspecified atom stereocenters. The Morgan fingerprint density at radius 1 is 0.667 bits per heavy atom. The third-order valence-electron chi connectivity index (χ3n) is 6.71. The van der Waals surface area contributed by atoms with Gasteiger partial charge in [0.15, 0.2) is 0 Å². The van der Waals surface area contributed by atoms with Crippen molar-refractivity contribution >= 4 is 29.3 Å². The minimum atomic E-state index is -0.665. The topological polar surface area (TPSA) is 66.4 Å². The lowest BCUT2D eigenvalue weighted by molar-refractivity contribution is -0.137. The van der Waals surface area contributed by atoms with Gasteiger partial charge in [-0.25, -0.2) is 0 Å². The smallest absolute Gasteiger partial charge is 0.303 e. The van der Waals surface area contributed by atoms with Crippen LogP contribution in [-0.4, -0.2) is 22.7 Å². The molecule has 1 aromatic carbocycles. The summed E-state index contributed by atoms with van der Waals surface area (Å²) >= 11 is 1.84. The summed E-state index contributed by atoms with van der Waals surface area (Å²) in [5.74, 6) is 0.582. The molecule has 2 N–H and O–H groups in total. The number of carbonyl (C=O) groups excluding carboxylic acids is 1. The number of nitrogens with one attached hydrogen (secondary N) is 1. The van der Waals surface area contributed by atoms with Crippen molar-refractivity contribution in [3.63, 3.8) is 0 Å². The monoisotopic (exact) mass is 519 g/mol. The second-order valence-electron chi connectivity index (χ2n) is 10.2. The van der Waals surface area contributed by atoms with E-state index in [1.807, 2.05) is 30.0 Å². The van der Waals surface area contributed by atoms with Crippen molar-refractivity contribution in [2.45, 2.75) is 147 Å². The van der Waals surface area contributed by atoms with Crippen LogP contribution >= 0.6 is 11.8 Å². The Hall–Kier alpha value is -1.49. The van der Waals surface area contributed by atoms with E-state index in [1.54, 1.807) is 0 Å². The maximum Gasteiger partial charge on any atom is 0.303 e. The van der Waals surface area contributed by atoms with E-state index >= 15 is 0 Å². The van der Waals surface area contributed by atoms with Gasteiger partial charge in [-0.1, -0.05) is 122 Å². The van der Waals surface area contributed by atoms with Crippen LogP contribution < -0.4 is 5.32 Å². The van der Waals surface area contributed by atoms with E-state index in [9.17, 15) is 9.59 Å². The number of para-hydroxylation sites is 1.